The summed E-state index contributed by atoms with van der Waals surface area (Å²) >= 11 is 0. The zero-order chi connectivity index (χ0) is 15.1. The number of amides is 1. The van der Waals surface area contributed by atoms with Crippen LogP contribution >= 0.6 is 0 Å². The molecule has 0 radical (unpaired) electrons. The number of benzene rings is 1. The van der Waals surface area contributed by atoms with E-state index in [4.69, 9.17) is 0 Å². The molecule has 0 aliphatic heterocycles. The lowest BCUT2D eigenvalue weighted by atomic mass is 10.1. The molecule has 6 nitrogen and oxygen atoms in total. The second kappa shape index (κ2) is 7.61. The molecule has 1 saturated carbocycles. The van der Waals surface area contributed by atoms with Gasteiger partial charge in [-0.2, -0.15) is 0 Å². The van der Waals surface area contributed by atoms with E-state index in [0.717, 1.165) is 12.8 Å². The lowest BCUT2D eigenvalue weighted by Gasteiger charge is -2.16. The van der Waals surface area contributed by atoms with Gasteiger partial charge in [0.05, 0.1) is 11.5 Å². The first-order chi connectivity index (χ1) is 10.1. The highest BCUT2D eigenvalue weighted by Crippen LogP contribution is 2.18. The summed E-state index contributed by atoms with van der Waals surface area (Å²) in [6.07, 6.45) is 6.92. The maximum Gasteiger partial charge on any atom is 0.271 e. The normalized spacial score (nSPS) is 16.0. The standard InChI is InChI=1S/C15H21N3O3/c19-15(17-12-6-3-1-2-4-7-12)11-16-13-8-5-9-14(10-13)18(20)21/h5,8-10,12,16H,1-4,6-7,11H2,(H,17,19). The van der Waals surface area contributed by atoms with Gasteiger partial charge in [-0.05, 0) is 18.9 Å². The van der Waals surface area contributed by atoms with Gasteiger partial charge >= 0.3 is 0 Å². The number of nitro groups is 1. The monoisotopic (exact) mass is 291 g/mol. The molecule has 1 fully saturated rings. The Bertz CT molecular complexity index is 497. The number of carbonyl (C=O) groups excluding carboxylic acids is 1. The molecule has 1 aliphatic rings. The predicted octanol–water partition coefficient (Wildman–Crippen LogP) is 2.85. The zero-order valence-electron chi connectivity index (χ0n) is 12.0. The van der Waals surface area contributed by atoms with E-state index in [2.05, 4.69) is 10.6 Å². The van der Waals surface area contributed by atoms with Gasteiger partial charge in [-0.3, -0.25) is 14.9 Å². The van der Waals surface area contributed by atoms with Gasteiger partial charge in [0, 0.05) is 23.9 Å². The summed E-state index contributed by atoms with van der Waals surface area (Å²) in [6.45, 7) is 0.137. The van der Waals surface area contributed by atoms with Crippen molar-refractivity contribution in [2.75, 3.05) is 11.9 Å². The molecule has 6 heteroatoms. The van der Waals surface area contributed by atoms with Crippen LogP contribution in [0, 0.1) is 10.1 Å². The van der Waals surface area contributed by atoms with Gasteiger partial charge in [-0.25, -0.2) is 0 Å². The highest BCUT2D eigenvalue weighted by atomic mass is 16.6. The molecule has 0 aromatic heterocycles. The van der Waals surface area contributed by atoms with Gasteiger partial charge in [0.25, 0.3) is 5.69 Å². The van der Waals surface area contributed by atoms with Gasteiger partial charge < -0.3 is 10.6 Å². The number of hydrogen-bond acceptors (Lipinski definition) is 4. The average molecular weight is 291 g/mol. The van der Waals surface area contributed by atoms with Crippen molar-refractivity contribution in [2.45, 2.75) is 44.6 Å². The molecule has 0 bridgehead atoms. The molecule has 1 amide bonds. The molecular weight excluding hydrogens is 270 g/mol. The number of non-ortho nitro benzene ring substituents is 1. The Hall–Kier alpha value is -2.11. The summed E-state index contributed by atoms with van der Waals surface area (Å²) in [5, 5.41) is 16.6. The third-order valence-electron chi connectivity index (χ3n) is 3.73. The van der Waals surface area contributed by atoms with Crippen LogP contribution in [0.3, 0.4) is 0 Å². The summed E-state index contributed by atoms with van der Waals surface area (Å²) in [6, 6.07) is 6.44. The summed E-state index contributed by atoms with van der Waals surface area (Å²) in [7, 11) is 0. The van der Waals surface area contributed by atoms with Gasteiger partial charge in [0.15, 0.2) is 0 Å². The maximum absolute atomic E-state index is 11.9. The summed E-state index contributed by atoms with van der Waals surface area (Å²) < 4.78 is 0. The van der Waals surface area contributed by atoms with E-state index >= 15 is 0 Å². The number of rotatable bonds is 5. The smallest absolute Gasteiger partial charge is 0.271 e. The molecule has 1 aromatic rings. The van der Waals surface area contributed by atoms with E-state index in [9.17, 15) is 14.9 Å². The van der Waals surface area contributed by atoms with Crippen molar-refractivity contribution in [1.29, 1.82) is 0 Å². The molecule has 0 heterocycles. The topological polar surface area (TPSA) is 84.3 Å². The van der Waals surface area contributed by atoms with E-state index < -0.39 is 4.92 Å². The van der Waals surface area contributed by atoms with Crippen molar-refractivity contribution < 1.29 is 9.72 Å². The van der Waals surface area contributed by atoms with E-state index in [0.29, 0.717) is 5.69 Å². The maximum atomic E-state index is 11.9. The fraction of sp³-hybridized carbons (Fsp3) is 0.533. The molecule has 0 unspecified atom stereocenters. The molecule has 21 heavy (non-hydrogen) atoms. The minimum Gasteiger partial charge on any atom is -0.376 e. The fourth-order valence-electron chi connectivity index (χ4n) is 2.61. The molecule has 0 saturated heterocycles. The van der Waals surface area contributed by atoms with Crippen LogP contribution < -0.4 is 10.6 Å². The lowest BCUT2D eigenvalue weighted by Crippen LogP contribution is -2.38. The van der Waals surface area contributed by atoms with Crippen LogP contribution in [-0.2, 0) is 4.79 Å². The van der Waals surface area contributed by atoms with E-state index in [1.54, 1.807) is 12.1 Å². The Balaban J connectivity index is 1.80. The molecule has 2 N–H and O–H groups in total. The van der Waals surface area contributed by atoms with Crippen LogP contribution in [0.2, 0.25) is 0 Å². The minimum absolute atomic E-state index is 0.0178. The summed E-state index contributed by atoms with van der Waals surface area (Å²) in [4.78, 5) is 22.1. The Labute approximate surface area is 124 Å². The Morgan fingerprint density at radius 1 is 1.24 bits per heavy atom. The average Bonchev–Trinajstić information content (AvgIpc) is 2.74. The third kappa shape index (κ3) is 5.06. The van der Waals surface area contributed by atoms with E-state index in [1.807, 2.05) is 0 Å². The molecule has 114 valence electrons. The van der Waals surface area contributed by atoms with Gasteiger partial charge in [-0.1, -0.05) is 31.7 Å². The first kappa shape index (κ1) is 15.3. The van der Waals surface area contributed by atoms with Crippen LogP contribution in [-0.4, -0.2) is 23.4 Å². The fourth-order valence-corrected chi connectivity index (χ4v) is 2.61. The zero-order valence-corrected chi connectivity index (χ0v) is 12.0. The van der Waals surface area contributed by atoms with Crippen molar-refractivity contribution in [3.05, 3.63) is 34.4 Å². The number of hydrogen-bond donors (Lipinski definition) is 2. The van der Waals surface area contributed by atoms with Crippen molar-refractivity contribution in [3.63, 3.8) is 0 Å². The quantitative estimate of drug-likeness (QED) is 0.496. The van der Waals surface area contributed by atoms with Crippen molar-refractivity contribution >= 4 is 17.3 Å². The van der Waals surface area contributed by atoms with Crippen molar-refractivity contribution in [3.8, 4) is 0 Å². The molecule has 0 spiro atoms. The van der Waals surface area contributed by atoms with E-state index in [1.165, 1.54) is 37.8 Å². The number of nitro benzene ring substituents is 1. The highest BCUT2D eigenvalue weighted by molar-refractivity contribution is 5.81. The van der Waals surface area contributed by atoms with Crippen molar-refractivity contribution in [2.24, 2.45) is 0 Å². The largest absolute Gasteiger partial charge is 0.376 e. The molecule has 2 rings (SSSR count). The SMILES string of the molecule is O=C(CNc1cccc([N+](=O)[O-])c1)NC1CCCCCC1. The number of nitrogens with one attached hydrogen (secondary N) is 2. The predicted molar refractivity (Wildman–Crippen MR) is 81.2 cm³/mol. The van der Waals surface area contributed by atoms with Crippen LogP contribution in [0.15, 0.2) is 24.3 Å². The highest BCUT2D eigenvalue weighted by Gasteiger charge is 2.14. The van der Waals surface area contributed by atoms with Crippen LogP contribution in [0.25, 0.3) is 0 Å². The summed E-state index contributed by atoms with van der Waals surface area (Å²) in [5.41, 5.74) is 0.601. The molecule has 1 aromatic carbocycles. The minimum atomic E-state index is -0.448. The van der Waals surface area contributed by atoms with Crippen LogP contribution in [0.5, 0.6) is 0 Å². The Morgan fingerprint density at radius 2 is 1.95 bits per heavy atom. The lowest BCUT2D eigenvalue weighted by molar-refractivity contribution is -0.384. The van der Waals surface area contributed by atoms with Gasteiger partial charge in [0.2, 0.25) is 5.91 Å². The number of anilines is 1. The van der Waals surface area contributed by atoms with Crippen LogP contribution in [0.4, 0.5) is 11.4 Å². The Kier molecular flexibility index (Phi) is 5.54. The number of carbonyl (C=O) groups is 1. The van der Waals surface area contributed by atoms with Gasteiger partial charge in [-0.15, -0.1) is 0 Å². The third-order valence-corrected chi connectivity index (χ3v) is 3.73. The van der Waals surface area contributed by atoms with Crippen LogP contribution in [0.1, 0.15) is 38.5 Å². The first-order valence-electron chi connectivity index (χ1n) is 7.43. The second-order valence-electron chi connectivity index (χ2n) is 5.42. The molecule has 1 aliphatic carbocycles. The first-order valence-corrected chi connectivity index (χ1v) is 7.43. The van der Waals surface area contributed by atoms with E-state index in [-0.39, 0.29) is 24.2 Å². The van der Waals surface area contributed by atoms with Crippen molar-refractivity contribution in [1.82, 2.24) is 5.32 Å². The summed E-state index contributed by atoms with van der Waals surface area (Å²) in [5.74, 6) is -0.0617. The Morgan fingerprint density at radius 3 is 2.62 bits per heavy atom. The number of nitrogens with zero attached hydrogens (tertiary/aromatic N) is 1. The molecule has 0 atom stereocenters. The molecular formula is C15H21N3O3. The second-order valence-corrected chi connectivity index (χ2v) is 5.42. The van der Waals surface area contributed by atoms with Gasteiger partial charge in [0.1, 0.15) is 0 Å².